The second-order valence-corrected chi connectivity index (χ2v) is 4.74. The average molecular weight is 252 g/mol. The lowest BCUT2D eigenvalue weighted by atomic mass is 9.92. The highest BCUT2D eigenvalue weighted by Crippen LogP contribution is 2.36. The number of thiol groups is 1. The van der Waals surface area contributed by atoms with Gasteiger partial charge in [-0.3, -0.25) is 4.79 Å². The molecule has 94 valence electrons. The molecule has 7 heteroatoms. The topological polar surface area (TPSA) is 107 Å². The van der Waals surface area contributed by atoms with Crippen molar-refractivity contribution in [1.82, 2.24) is 0 Å². The van der Waals surface area contributed by atoms with Crippen molar-refractivity contribution in [3.8, 4) is 0 Å². The van der Waals surface area contributed by atoms with Gasteiger partial charge in [-0.1, -0.05) is 0 Å². The number of ether oxygens (including phenoxy) is 1. The maximum Gasteiger partial charge on any atom is 0.303 e. The minimum atomic E-state index is -1.45. The molecule has 1 rings (SSSR count). The molecular weight excluding hydrogens is 236 g/mol. The van der Waals surface area contributed by atoms with Crippen LogP contribution in [0.2, 0.25) is 0 Å². The Kier molecular flexibility index (Phi) is 4.19. The van der Waals surface area contributed by atoms with E-state index < -0.39 is 35.3 Å². The Hall–Kier alpha value is -0.340. The summed E-state index contributed by atoms with van der Waals surface area (Å²) >= 11 is 4.07. The molecule has 1 aliphatic heterocycles. The lowest BCUT2D eigenvalue weighted by molar-refractivity contribution is -0.231. The maximum atomic E-state index is 10.4. The van der Waals surface area contributed by atoms with Crippen LogP contribution in [-0.4, -0.2) is 55.7 Å². The van der Waals surface area contributed by atoms with E-state index in [1.54, 1.807) is 0 Å². The zero-order chi connectivity index (χ0) is 12.5. The van der Waals surface area contributed by atoms with Crippen LogP contribution in [0.5, 0.6) is 0 Å². The third-order valence-electron chi connectivity index (χ3n) is 2.70. The Bertz CT molecular complexity index is 273. The van der Waals surface area contributed by atoms with Crippen LogP contribution >= 0.6 is 12.6 Å². The number of hydrogen-bond acceptors (Lipinski definition) is 6. The van der Waals surface area contributed by atoms with Crippen molar-refractivity contribution in [2.45, 2.75) is 49.1 Å². The van der Waals surface area contributed by atoms with E-state index in [0.29, 0.717) is 0 Å². The molecule has 0 aromatic carbocycles. The summed E-state index contributed by atoms with van der Waals surface area (Å²) < 4.78 is 5.26. The van der Waals surface area contributed by atoms with Gasteiger partial charge < -0.3 is 25.2 Å². The van der Waals surface area contributed by atoms with Crippen molar-refractivity contribution in [2.24, 2.45) is 0 Å². The normalized spacial score (nSPS) is 44.3. The fourth-order valence-corrected chi connectivity index (χ4v) is 2.12. The van der Waals surface area contributed by atoms with E-state index in [1.165, 1.54) is 6.92 Å². The van der Waals surface area contributed by atoms with Crippen LogP contribution in [0.1, 0.15) is 19.8 Å². The van der Waals surface area contributed by atoms with Crippen molar-refractivity contribution < 1.29 is 30.0 Å². The first-order chi connectivity index (χ1) is 7.28. The lowest BCUT2D eigenvalue weighted by Gasteiger charge is -2.45. The summed E-state index contributed by atoms with van der Waals surface area (Å²) in [5, 5.41) is 37.2. The molecule has 0 saturated carbocycles. The van der Waals surface area contributed by atoms with Crippen molar-refractivity contribution >= 4 is 18.6 Å². The van der Waals surface area contributed by atoms with E-state index in [2.05, 4.69) is 12.6 Å². The third-order valence-corrected chi connectivity index (χ3v) is 3.30. The van der Waals surface area contributed by atoms with Gasteiger partial charge >= 0.3 is 5.97 Å². The first-order valence-corrected chi connectivity index (χ1v) is 5.39. The summed E-state index contributed by atoms with van der Waals surface area (Å²) in [6, 6.07) is 0. The molecular formula is C9H16O6S. The second-order valence-electron chi connectivity index (χ2n) is 3.99. The molecule has 0 bridgehead atoms. The van der Waals surface area contributed by atoms with Crippen molar-refractivity contribution in [3.63, 3.8) is 0 Å². The second kappa shape index (κ2) is 4.89. The Balaban J connectivity index is 2.74. The third kappa shape index (κ3) is 2.67. The average Bonchev–Trinajstić information content (AvgIpc) is 2.21. The van der Waals surface area contributed by atoms with E-state index in [4.69, 9.17) is 9.84 Å². The Labute approximate surface area is 98.3 Å². The molecule has 0 aliphatic carbocycles. The number of aliphatic hydroxyl groups excluding tert-OH is 3. The van der Waals surface area contributed by atoms with E-state index in [1.807, 2.05) is 0 Å². The van der Waals surface area contributed by atoms with Crippen molar-refractivity contribution in [3.05, 3.63) is 0 Å². The van der Waals surface area contributed by atoms with Crippen LogP contribution in [-0.2, 0) is 9.53 Å². The molecule has 0 amide bonds. The fraction of sp³-hybridized carbons (Fsp3) is 0.889. The standard InChI is InChI=1S/C9H16O6S/c1-4-6(12)7(13)8(14)9(16,15-4)3-2-5(10)11/h4,6-8,12-14,16H,2-3H2,1H3,(H,10,11)/t4-,6+,7+,8-,9-/m0/s1. The summed E-state index contributed by atoms with van der Waals surface area (Å²) in [4.78, 5) is 8.99. The lowest BCUT2D eigenvalue weighted by Crippen LogP contribution is -2.61. The molecule has 1 aliphatic rings. The van der Waals surface area contributed by atoms with Crippen LogP contribution in [0.3, 0.4) is 0 Å². The Morgan fingerprint density at radius 1 is 1.38 bits per heavy atom. The number of hydrogen-bond donors (Lipinski definition) is 5. The van der Waals surface area contributed by atoms with Gasteiger partial charge in [0.25, 0.3) is 0 Å². The van der Waals surface area contributed by atoms with Gasteiger partial charge in [-0.25, -0.2) is 0 Å². The van der Waals surface area contributed by atoms with E-state index in [0.717, 1.165) is 0 Å². The zero-order valence-electron chi connectivity index (χ0n) is 8.78. The molecule has 0 spiro atoms. The number of carboxylic acid groups (broad SMARTS) is 1. The first kappa shape index (κ1) is 13.7. The van der Waals surface area contributed by atoms with E-state index >= 15 is 0 Å². The van der Waals surface area contributed by atoms with Crippen molar-refractivity contribution in [2.75, 3.05) is 0 Å². The number of rotatable bonds is 3. The summed E-state index contributed by atoms with van der Waals surface area (Å²) in [5.41, 5.74) is 0. The molecule has 1 saturated heterocycles. The number of aliphatic carboxylic acids is 1. The number of carbonyl (C=O) groups is 1. The highest BCUT2D eigenvalue weighted by molar-refractivity contribution is 7.81. The SMILES string of the molecule is C[C@@H]1O[C@](S)(CCC(=O)O)[C@@H](O)[C@H](O)[C@@H]1O. The predicted molar refractivity (Wildman–Crippen MR) is 57.2 cm³/mol. The molecule has 1 fully saturated rings. The number of aliphatic hydroxyl groups is 3. The maximum absolute atomic E-state index is 10.4. The largest absolute Gasteiger partial charge is 0.481 e. The zero-order valence-corrected chi connectivity index (χ0v) is 9.67. The molecule has 0 aromatic rings. The number of carboxylic acids is 1. The van der Waals surface area contributed by atoms with Crippen LogP contribution < -0.4 is 0 Å². The van der Waals surface area contributed by atoms with Gasteiger partial charge in [0.15, 0.2) is 0 Å². The summed E-state index contributed by atoms with van der Waals surface area (Å²) in [7, 11) is 0. The minimum Gasteiger partial charge on any atom is -0.481 e. The molecule has 16 heavy (non-hydrogen) atoms. The Morgan fingerprint density at radius 3 is 2.44 bits per heavy atom. The molecule has 0 aromatic heterocycles. The van der Waals surface area contributed by atoms with Gasteiger partial charge in [0, 0.05) is 6.42 Å². The monoisotopic (exact) mass is 252 g/mol. The van der Waals surface area contributed by atoms with Gasteiger partial charge in [-0.2, -0.15) is 0 Å². The molecule has 0 unspecified atom stereocenters. The highest BCUT2D eigenvalue weighted by atomic mass is 32.1. The quantitative estimate of drug-likeness (QED) is 0.412. The molecule has 4 N–H and O–H groups in total. The molecule has 5 atom stereocenters. The van der Waals surface area contributed by atoms with E-state index in [-0.39, 0.29) is 12.8 Å². The minimum absolute atomic E-state index is 0.0548. The smallest absolute Gasteiger partial charge is 0.303 e. The van der Waals surface area contributed by atoms with Gasteiger partial charge in [0.2, 0.25) is 0 Å². The van der Waals surface area contributed by atoms with Gasteiger partial charge in [-0.15, -0.1) is 12.6 Å². The summed E-state index contributed by atoms with van der Waals surface area (Å²) in [5.74, 6) is -1.04. The van der Waals surface area contributed by atoms with E-state index in [9.17, 15) is 20.1 Å². The van der Waals surface area contributed by atoms with Crippen LogP contribution in [0, 0.1) is 0 Å². The van der Waals surface area contributed by atoms with Gasteiger partial charge in [0.1, 0.15) is 23.2 Å². The highest BCUT2D eigenvalue weighted by Gasteiger charge is 2.50. The van der Waals surface area contributed by atoms with Crippen LogP contribution in [0.25, 0.3) is 0 Å². The van der Waals surface area contributed by atoms with Gasteiger partial charge in [0.05, 0.1) is 6.10 Å². The predicted octanol–water partition coefficient (Wildman–Crippen LogP) is -1.02. The van der Waals surface area contributed by atoms with Crippen LogP contribution in [0.4, 0.5) is 0 Å². The summed E-state index contributed by atoms with van der Waals surface area (Å²) in [6.07, 6.45) is -5.04. The van der Waals surface area contributed by atoms with Gasteiger partial charge in [-0.05, 0) is 13.3 Å². The summed E-state index contributed by atoms with van der Waals surface area (Å²) in [6.45, 7) is 1.52. The molecule has 6 nitrogen and oxygen atoms in total. The molecule has 0 radical (unpaired) electrons. The van der Waals surface area contributed by atoms with Crippen LogP contribution in [0.15, 0.2) is 0 Å². The molecule has 1 heterocycles. The van der Waals surface area contributed by atoms with Crippen molar-refractivity contribution in [1.29, 1.82) is 0 Å². The Morgan fingerprint density at radius 2 is 1.94 bits per heavy atom. The first-order valence-electron chi connectivity index (χ1n) is 4.94. The fourth-order valence-electron chi connectivity index (χ4n) is 1.69.